The van der Waals surface area contributed by atoms with Crippen LogP contribution < -0.4 is 4.72 Å². The van der Waals surface area contributed by atoms with Crippen molar-refractivity contribution in [1.82, 2.24) is 0 Å². The lowest BCUT2D eigenvalue weighted by Gasteiger charge is -2.13. The molecule has 0 spiro atoms. The van der Waals surface area contributed by atoms with Crippen LogP contribution in [0.1, 0.15) is 18.9 Å². The average molecular weight is 317 g/mol. The number of halogens is 1. The summed E-state index contributed by atoms with van der Waals surface area (Å²) in [5.41, 5.74) is 1.40. The molecule has 0 aliphatic carbocycles. The third kappa shape index (κ3) is 3.45. The highest BCUT2D eigenvalue weighted by molar-refractivity contribution is 9.10. The lowest BCUT2D eigenvalue weighted by molar-refractivity contribution is 0.593. The van der Waals surface area contributed by atoms with E-state index in [-0.39, 0.29) is 6.42 Å². The third-order valence-electron chi connectivity index (χ3n) is 2.26. The van der Waals surface area contributed by atoms with Crippen LogP contribution in [0.3, 0.4) is 0 Å². The molecule has 1 rings (SSSR count). The number of anilines is 1. The molecule has 0 saturated carbocycles. The average Bonchev–Trinajstić information content (AvgIpc) is 2.24. The molecular weight excluding hydrogens is 304 g/mol. The van der Waals surface area contributed by atoms with Gasteiger partial charge in [-0.25, -0.2) is 8.42 Å². The summed E-state index contributed by atoms with van der Waals surface area (Å²) in [6, 6.07) is 7.12. The summed E-state index contributed by atoms with van der Waals surface area (Å²) in [5.74, 6) is 0. The number of nitriles is 1. The molecular formula is C11H13BrN2O2S. The van der Waals surface area contributed by atoms with E-state index in [1.54, 1.807) is 25.1 Å². The monoisotopic (exact) mass is 316 g/mol. The molecule has 0 bridgehead atoms. The highest BCUT2D eigenvalue weighted by Crippen LogP contribution is 2.25. The summed E-state index contributed by atoms with van der Waals surface area (Å²) in [6.45, 7) is 3.53. The van der Waals surface area contributed by atoms with Gasteiger partial charge in [-0.3, -0.25) is 4.72 Å². The van der Waals surface area contributed by atoms with Gasteiger partial charge in [0.2, 0.25) is 10.0 Å². The van der Waals surface area contributed by atoms with Crippen molar-refractivity contribution in [3.05, 3.63) is 28.2 Å². The Morgan fingerprint density at radius 2 is 2.18 bits per heavy atom. The minimum Gasteiger partial charge on any atom is -0.281 e. The van der Waals surface area contributed by atoms with Gasteiger partial charge in [-0.1, -0.05) is 13.0 Å². The first kappa shape index (κ1) is 14.0. The van der Waals surface area contributed by atoms with Crippen LogP contribution in [0, 0.1) is 18.3 Å². The molecule has 0 radical (unpaired) electrons. The molecule has 17 heavy (non-hydrogen) atoms. The number of rotatable bonds is 4. The summed E-state index contributed by atoms with van der Waals surface area (Å²) in [7, 11) is -3.66. The molecule has 1 atom stereocenters. The molecule has 92 valence electrons. The largest absolute Gasteiger partial charge is 0.281 e. The Hall–Kier alpha value is -1.06. The quantitative estimate of drug-likeness (QED) is 0.928. The molecule has 0 aliphatic heterocycles. The second-order valence-electron chi connectivity index (χ2n) is 3.66. The van der Waals surface area contributed by atoms with Crippen LogP contribution in [0.4, 0.5) is 5.69 Å². The predicted molar refractivity (Wildman–Crippen MR) is 71.1 cm³/mol. The predicted octanol–water partition coefficient (Wildman–Crippen LogP) is 2.80. The maximum atomic E-state index is 11.9. The fraction of sp³-hybridized carbons (Fsp3) is 0.364. The van der Waals surface area contributed by atoms with Crippen LogP contribution in [0.2, 0.25) is 0 Å². The first-order valence-corrected chi connectivity index (χ1v) is 7.42. The smallest absolute Gasteiger partial charge is 0.249 e. The van der Waals surface area contributed by atoms with Crippen LogP contribution in [-0.4, -0.2) is 13.7 Å². The Morgan fingerprint density at radius 1 is 1.53 bits per heavy atom. The van der Waals surface area contributed by atoms with Crippen molar-refractivity contribution in [2.45, 2.75) is 25.5 Å². The van der Waals surface area contributed by atoms with E-state index in [9.17, 15) is 8.42 Å². The van der Waals surface area contributed by atoms with Gasteiger partial charge in [-0.15, -0.1) is 0 Å². The van der Waals surface area contributed by atoms with Gasteiger partial charge in [0, 0.05) is 4.47 Å². The van der Waals surface area contributed by atoms with Gasteiger partial charge in [0.15, 0.2) is 5.25 Å². The van der Waals surface area contributed by atoms with Crippen LogP contribution in [0.25, 0.3) is 0 Å². The molecule has 4 nitrogen and oxygen atoms in total. The minimum absolute atomic E-state index is 0.259. The van der Waals surface area contributed by atoms with Crippen molar-refractivity contribution >= 4 is 31.6 Å². The summed E-state index contributed by atoms with van der Waals surface area (Å²) >= 11 is 3.27. The summed E-state index contributed by atoms with van der Waals surface area (Å²) in [6.07, 6.45) is 0.259. The standard InChI is InChI=1S/C11H13BrN2O2S/c1-3-9(7-13)17(15,16)14-11-6-8(2)4-5-10(11)12/h4-6,9,14H,3H2,1-2H3. The van der Waals surface area contributed by atoms with E-state index < -0.39 is 15.3 Å². The second kappa shape index (κ2) is 5.52. The molecule has 1 unspecified atom stereocenters. The number of hydrogen-bond donors (Lipinski definition) is 1. The Bertz CT molecular complexity index is 549. The molecule has 0 fully saturated rings. The van der Waals surface area contributed by atoms with Crippen molar-refractivity contribution in [2.24, 2.45) is 0 Å². The number of nitrogens with one attached hydrogen (secondary N) is 1. The van der Waals surface area contributed by atoms with Crippen LogP contribution in [-0.2, 0) is 10.0 Å². The first-order chi connectivity index (χ1) is 7.90. The normalized spacial score (nSPS) is 12.8. The van der Waals surface area contributed by atoms with Gasteiger partial charge in [0.25, 0.3) is 0 Å². The van der Waals surface area contributed by atoms with E-state index in [4.69, 9.17) is 5.26 Å². The molecule has 1 aromatic rings. The maximum absolute atomic E-state index is 11.9. The highest BCUT2D eigenvalue weighted by Gasteiger charge is 2.23. The minimum atomic E-state index is -3.66. The number of hydrogen-bond acceptors (Lipinski definition) is 3. The van der Waals surface area contributed by atoms with Crippen molar-refractivity contribution < 1.29 is 8.42 Å². The van der Waals surface area contributed by atoms with Gasteiger partial charge in [0.05, 0.1) is 11.8 Å². The van der Waals surface area contributed by atoms with Crippen LogP contribution >= 0.6 is 15.9 Å². The van der Waals surface area contributed by atoms with E-state index in [0.29, 0.717) is 10.2 Å². The Balaban J connectivity index is 3.06. The number of aryl methyl sites for hydroxylation is 1. The molecule has 0 aromatic heterocycles. The van der Waals surface area contributed by atoms with Crippen molar-refractivity contribution in [3.8, 4) is 6.07 Å². The van der Waals surface area contributed by atoms with E-state index in [2.05, 4.69) is 20.7 Å². The molecule has 0 aliphatic rings. The zero-order valence-electron chi connectivity index (χ0n) is 9.57. The van der Waals surface area contributed by atoms with Crippen LogP contribution in [0.5, 0.6) is 0 Å². The van der Waals surface area contributed by atoms with Gasteiger partial charge < -0.3 is 0 Å². The fourth-order valence-electron chi connectivity index (χ4n) is 1.32. The number of nitrogens with zero attached hydrogens (tertiary/aromatic N) is 1. The van der Waals surface area contributed by atoms with Crippen molar-refractivity contribution in [2.75, 3.05) is 4.72 Å². The first-order valence-electron chi connectivity index (χ1n) is 5.08. The zero-order chi connectivity index (χ0) is 13.1. The molecule has 1 N–H and O–H groups in total. The van der Waals surface area contributed by atoms with Gasteiger partial charge >= 0.3 is 0 Å². The number of benzene rings is 1. The van der Waals surface area contributed by atoms with Crippen LogP contribution in [0.15, 0.2) is 22.7 Å². The molecule has 0 heterocycles. The summed E-state index contributed by atoms with van der Waals surface area (Å²) in [4.78, 5) is 0. The third-order valence-corrected chi connectivity index (χ3v) is 4.65. The number of sulfonamides is 1. The summed E-state index contributed by atoms with van der Waals surface area (Å²) < 4.78 is 26.8. The maximum Gasteiger partial charge on any atom is 0.249 e. The second-order valence-corrected chi connectivity index (χ2v) is 6.37. The Morgan fingerprint density at radius 3 is 2.71 bits per heavy atom. The molecule has 0 amide bonds. The highest BCUT2D eigenvalue weighted by atomic mass is 79.9. The Kier molecular flexibility index (Phi) is 4.54. The van der Waals surface area contributed by atoms with E-state index >= 15 is 0 Å². The lowest BCUT2D eigenvalue weighted by atomic mass is 10.2. The summed E-state index contributed by atoms with van der Waals surface area (Å²) in [5, 5.41) is 7.75. The van der Waals surface area contributed by atoms with Gasteiger partial charge in [-0.05, 0) is 47.0 Å². The lowest BCUT2D eigenvalue weighted by Crippen LogP contribution is -2.26. The molecule has 6 heteroatoms. The van der Waals surface area contributed by atoms with Gasteiger partial charge in [-0.2, -0.15) is 5.26 Å². The van der Waals surface area contributed by atoms with E-state index in [0.717, 1.165) is 5.56 Å². The SMILES string of the molecule is CCC(C#N)S(=O)(=O)Nc1cc(C)ccc1Br. The molecule has 0 saturated heterocycles. The van der Waals surface area contributed by atoms with Crippen molar-refractivity contribution in [3.63, 3.8) is 0 Å². The topological polar surface area (TPSA) is 70.0 Å². The van der Waals surface area contributed by atoms with Gasteiger partial charge in [0.1, 0.15) is 0 Å². The van der Waals surface area contributed by atoms with E-state index in [1.165, 1.54) is 0 Å². The molecule has 1 aromatic carbocycles. The zero-order valence-corrected chi connectivity index (χ0v) is 12.0. The fourth-order valence-corrected chi connectivity index (χ4v) is 2.99. The van der Waals surface area contributed by atoms with E-state index in [1.807, 2.05) is 13.0 Å². The van der Waals surface area contributed by atoms with Crippen molar-refractivity contribution in [1.29, 1.82) is 5.26 Å². The Labute approximate surface area is 110 Å².